The topological polar surface area (TPSA) is 27.1 Å². The second-order valence-electron chi connectivity index (χ2n) is 5.06. The van der Waals surface area contributed by atoms with Gasteiger partial charge in [0.05, 0.1) is 29.2 Å². The maximum Gasteiger partial charge on any atom is 0.136 e. The summed E-state index contributed by atoms with van der Waals surface area (Å²) >= 11 is 1.69. The number of aryl methyl sites for hydroxylation is 1. The standard InChI is InChI=1S/C17H18N2OS/c1-12-17(21-11-18-12)15-6-4-14(5-7-15)13(2)19-9-8-16(10-19)20-3/h4-11,13H,1-3H3/t13-/m0/s1. The molecule has 2 heterocycles. The van der Waals surface area contributed by atoms with Crippen LogP contribution in [0.15, 0.2) is 48.2 Å². The smallest absolute Gasteiger partial charge is 0.136 e. The van der Waals surface area contributed by atoms with Gasteiger partial charge in [-0.15, -0.1) is 11.3 Å². The molecule has 0 aliphatic heterocycles. The number of nitrogens with zero attached hydrogens (tertiary/aromatic N) is 2. The Hall–Kier alpha value is -2.07. The quantitative estimate of drug-likeness (QED) is 0.707. The average Bonchev–Trinajstić information content (AvgIpc) is 3.15. The van der Waals surface area contributed by atoms with Gasteiger partial charge in [-0.2, -0.15) is 0 Å². The second kappa shape index (κ2) is 5.74. The lowest BCUT2D eigenvalue weighted by atomic mass is 10.0. The van der Waals surface area contributed by atoms with Crippen molar-refractivity contribution >= 4 is 11.3 Å². The van der Waals surface area contributed by atoms with Crippen molar-refractivity contribution in [1.82, 2.24) is 9.55 Å². The zero-order valence-electron chi connectivity index (χ0n) is 12.4. The molecule has 3 aromatic rings. The van der Waals surface area contributed by atoms with Crippen molar-refractivity contribution in [3.05, 3.63) is 59.5 Å². The third-order valence-corrected chi connectivity index (χ3v) is 4.75. The van der Waals surface area contributed by atoms with E-state index in [0.717, 1.165) is 11.4 Å². The molecule has 108 valence electrons. The van der Waals surface area contributed by atoms with Crippen LogP contribution in [0.4, 0.5) is 0 Å². The average molecular weight is 298 g/mol. The van der Waals surface area contributed by atoms with Crippen LogP contribution < -0.4 is 4.74 Å². The van der Waals surface area contributed by atoms with Crippen LogP contribution in [0.5, 0.6) is 5.75 Å². The van der Waals surface area contributed by atoms with Crippen molar-refractivity contribution in [2.24, 2.45) is 0 Å². The Bertz CT molecular complexity index is 727. The number of hydrogen-bond donors (Lipinski definition) is 0. The van der Waals surface area contributed by atoms with E-state index in [2.05, 4.69) is 47.7 Å². The molecular weight excluding hydrogens is 280 g/mol. The molecule has 1 aromatic carbocycles. The third kappa shape index (κ3) is 2.72. The predicted octanol–water partition coefficient (Wildman–Crippen LogP) is 4.54. The molecule has 0 amide bonds. The number of methoxy groups -OCH3 is 1. The highest BCUT2D eigenvalue weighted by atomic mass is 32.1. The van der Waals surface area contributed by atoms with E-state index in [1.54, 1.807) is 18.4 Å². The molecule has 0 aliphatic carbocycles. The Kier molecular flexibility index (Phi) is 3.80. The van der Waals surface area contributed by atoms with Crippen molar-refractivity contribution in [3.8, 4) is 16.2 Å². The Labute approximate surface area is 128 Å². The molecule has 0 saturated carbocycles. The molecule has 4 heteroatoms. The minimum Gasteiger partial charge on any atom is -0.495 e. The maximum atomic E-state index is 5.24. The number of aromatic nitrogens is 2. The molecule has 0 aliphatic rings. The van der Waals surface area contributed by atoms with E-state index in [0.29, 0.717) is 0 Å². The fraction of sp³-hybridized carbons (Fsp3) is 0.235. The Balaban J connectivity index is 1.85. The molecule has 0 fully saturated rings. The van der Waals surface area contributed by atoms with E-state index >= 15 is 0 Å². The van der Waals surface area contributed by atoms with Gasteiger partial charge in [-0.3, -0.25) is 0 Å². The molecule has 0 unspecified atom stereocenters. The summed E-state index contributed by atoms with van der Waals surface area (Å²) in [5.74, 6) is 0.888. The van der Waals surface area contributed by atoms with Gasteiger partial charge in [0, 0.05) is 12.4 Å². The number of ether oxygens (including phenoxy) is 1. The van der Waals surface area contributed by atoms with E-state index in [9.17, 15) is 0 Å². The van der Waals surface area contributed by atoms with Crippen molar-refractivity contribution < 1.29 is 4.74 Å². The lowest BCUT2D eigenvalue weighted by molar-refractivity contribution is 0.413. The van der Waals surface area contributed by atoms with Gasteiger partial charge in [-0.05, 0) is 31.0 Å². The summed E-state index contributed by atoms with van der Waals surface area (Å²) in [5.41, 5.74) is 5.50. The summed E-state index contributed by atoms with van der Waals surface area (Å²) < 4.78 is 7.39. The van der Waals surface area contributed by atoms with Crippen molar-refractivity contribution in [2.45, 2.75) is 19.9 Å². The lowest BCUT2D eigenvalue weighted by Gasteiger charge is -2.14. The zero-order valence-corrected chi connectivity index (χ0v) is 13.2. The van der Waals surface area contributed by atoms with Crippen molar-refractivity contribution in [3.63, 3.8) is 0 Å². The first-order valence-corrected chi connectivity index (χ1v) is 7.79. The molecule has 1 atom stereocenters. The molecule has 0 spiro atoms. The predicted molar refractivity (Wildman–Crippen MR) is 87.1 cm³/mol. The SMILES string of the molecule is COc1ccn([C@@H](C)c2ccc(-c3scnc3C)cc2)c1. The number of rotatable bonds is 4. The minimum atomic E-state index is 0.283. The van der Waals surface area contributed by atoms with Crippen molar-refractivity contribution in [1.29, 1.82) is 0 Å². The van der Waals surface area contributed by atoms with Crippen LogP contribution in [-0.2, 0) is 0 Å². The highest BCUT2D eigenvalue weighted by Crippen LogP contribution is 2.29. The van der Waals surface area contributed by atoms with Crippen LogP contribution in [0.2, 0.25) is 0 Å². The molecule has 2 aromatic heterocycles. The zero-order chi connectivity index (χ0) is 14.8. The van der Waals surface area contributed by atoms with Gasteiger partial charge in [0.2, 0.25) is 0 Å². The highest BCUT2D eigenvalue weighted by molar-refractivity contribution is 7.13. The van der Waals surface area contributed by atoms with E-state index in [4.69, 9.17) is 4.74 Å². The number of hydrogen-bond acceptors (Lipinski definition) is 3. The molecule has 0 N–H and O–H groups in total. The number of benzene rings is 1. The fourth-order valence-corrected chi connectivity index (χ4v) is 3.23. The van der Waals surface area contributed by atoms with E-state index in [-0.39, 0.29) is 6.04 Å². The van der Waals surface area contributed by atoms with Gasteiger partial charge in [-0.25, -0.2) is 4.98 Å². The number of thiazole rings is 1. The van der Waals surface area contributed by atoms with Gasteiger partial charge >= 0.3 is 0 Å². The van der Waals surface area contributed by atoms with Gasteiger partial charge in [0.1, 0.15) is 5.75 Å². The van der Waals surface area contributed by atoms with Gasteiger partial charge in [-0.1, -0.05) is 24.3 Å². The van der Waals surface area contributed by atoms with Crippen LogP contribution in [0, 0.1) is 6.92 Å². The third-order valence-electron chi connectivity index (χ3n) is 3.77. The van der Waals surface area contributed by atoms with E-state index in [1.807, 2.05) is 24.0 Å². The molecule has 3 nitrogen and oxygen atoms in total. The summed E-state index contributed by atoms with van der Waals surface area (Å²) in [7, 11) is 1.69. The highest BCUT2D eigenvalue weighted by Gasteiger charge is 2.10. The molecule has 0 bridgehead atoms. The maximum absolute atomic E-state index is 5.24. The molecular formula is C17H18N2OS. The van der Waals surface area contributed by atoms with Crippen LogP contribution >= 0.6 is 11.3 Å². The first kappa shape index (κ1) is 13.9. The molecule has 3 rings (SSSR count). The van der Waals surface area contributed by atoms with Crippen LogP contribution in [0.25, 0.3) is 10.4 Å². The minimum absolute atomic E-state index is 0.283. The lowest BCUT2D eigenvalue weighted by Crippen LogP contribution is -2.03. The normalized spacial score (nSPS) is 12.3. The Morgan fingerprint density at radius 1 is 1.19 bits per heavy atom. The molecule has 21 heavy (non-hydrogen) atoms. The van der Waals surface area contributed by atoms with Gasteiger partial charge in [0.15, 0.2) is 0 Å². The summed E-state index contributed by atoms with van der Waals surface area (Å²) in [6, 6.07) is 11.0. The summed E-state index contributed by atoms with van der Waals surface area (Å²) in [5, 5.41) is 0. The first-order valence-electron chi connectivity index (χ1n) is 6.91. The summed E-state index contributed by atoms with van der Waals surface area (Å²) in [6.45, 7) is 4.24. The van der Waals surface area contributed by atoms with Crippen LogP contribution in [0.1, 0.15) is 24.2 Å². The molecule has 0 radical (unpaired) electrons. The monoisotopic (exact) mass is 298 g/mol. The summed E-state index contributed by atoms with van der Waals surface area (Å²) in [4.78, 5) is 5.56. The fourth-order valence-electron chi connectivity index (χ4n) is 2.42. The summed E-state index contributed by atoms with van der Waals surface area (Å²) in [6.07, 6.45) is 4.07. The largest absolute Gasteiger partial charge is 0.495 e. The van der Waals surface area contributed by atoms with Gasteiger partial charge < -0.3 is 9.30 Å². The molecule has 0 saturated heterocycles. The first-order chi connectivity index (χ1) is 10.2. The van der Waals surface area contributed by atoms with E-state index in [1.165, 1.54) is 16.0 Å². The Morgan fingerprint density at radius 2 is 1.95 bits per heavy atom. The second-order valence-corrected chi connectivity index (χ2v) is 5.92. The van der Waals surface area contributed by atoms with Crippen LogP contribution in [-0.4, -0.2) is 16.7 Å². The van der Waals surface area contributed by atoms with Crippen molar-refractivity contribution in [2.75, 3.05) is 7.11 Å². The van der Waals surface area contributed by atoms with E-state index < -0.39 is 0 Å². The van der Waals surface area contributed by atoms with Gasteiger partial charge in [0.25, 0.3) is 0 Å². The van der Waals surface area contributed by atoms with Crippen LogP contribution in [0.3, 0.4) is 0 Å². The Morgan fingerprint density at radius 3 is 2.52 bits per heavy atom.